The fraction of sp³-hybridized carbons (Fsp3) is 0.667. The molecule has 3 nitrogen and oxygen atoms in total. The standard InChI is InChI=1S/C6H13N3S/c1-5(2)3-4-8-9-6(7)10/h4-5H,3H2,1-2H3,(H3,7,9,10). The van der Waals surface area contributed by atoms with Crippen molar-refractivity contribution in [3.63, 3.8) is 0 Å². The maximum Gasteiger partial charge on any atom is 0.184 e. The van der Waals surface area contributed by atoms with Crippen LogP contribution in [0.3, 0.4) is 0 Å². The van der Waals surface area contributed by atoms with Crippen molar-refractivity contribution < 1.29 is 0 Å². The summed E-state index contributed by atoms with van der Waals surface area (Å²) in [6.45, 7) is 4.24. The average molecular weight is 159 g/mol. The Hall–Kier alpha value is -0.640. The smallest absolute Gasteiger partial charge is 0.184 e. The van der Waals surface area contributed by atoms with Gasteiger partial charge in [-0.2, -0.15) is 5.10 Å². The van der Waals surface area contributed by atoms with Gasteiger partial charge in [-0.1, -0.05) is 13.8 Å². The lowest BCUT2D eigenvalue weighted by Gasteiger charge is -1.96. The van der Waals surface area contributed by atoms with Crippen molar-refractivity contribution in [2.24, 2.45) is 16.8 Å². The second kappa shape index (κ2) is 5.17. The van der Waals surface area contributed by atoms with Crippen LogP contribution in [0.5, 0.6) is 0 Å². The molecule has 0 atom stereocenters. The molecular formula is C6H13N3S. The molecule has 0 aromatic carbocycles. The van der Waals surface area contributed by atoms with E-state index >= 15 is 0 Å². The summed E-state index contributed by atoms with van der Waals surface area (Å²) in [5.41, 5.74) is 7.60. The minimum absolute atomic E-state index is 0.208. The van der Waals surface area contributed by atoms with Crippen molar-refractivity contribution in [3.8, 4) is 0 Å². The van der Waals surface area contributed by atoms with Gasteiger partial charge in [-0.05, 0) is 24.6 Å². The monoisotopic (exact) mass is 159 g/mol. The highest BCUT2D eigenvalue weighted by Crippen LogP contribution is 1.93. The minimum atomic E-state index is 0.208. The number of rotatable bonds is 3. The molecule has 0 unspecified atom stereocenters. The summed E-state index contributed by atoms with van der Waals surface area (Å²) in [5, 5.41) is 3.98. The highest BCUT2D eigenvalue weighted by molar-refractivity contribution is 7.80. The van der Waals surface area contributed by atoms with Crippen LogP contribution in [0.2, 0.25) is 0 Å². The van der Waals surface area contributed by atoms with E-state index in [9.17, 15) is 0 Å². The quantitative estimate of drug-likeness (QED) is 0.364. The molecule has 0 saturated heterocycles. The molecule has 0 aliphatic heterocycles. The lowest BCUT2D eigenvalue weighted by Crippen LogP contribution is -2.24. The van der Waals surface area contributed by atoms with Gasteiger partial charge in [0.05, 0.1) is 0 Å². The van der Waals surface area contributed by atoms with Crippen LogP contribution in [-0.4, -0.2) is 11.3 Å². The summed E-state index contributed by atoms with van der Waals surface area (Å²) in [6, 6.07) is 0. The van der Waals surface area contributed by atoms with Crippen molar-refractivity contribution in [2.75, 3.05) is 0 Å². The average Bonchev–Trinajstić information content (AvgIpc) is 1.79. The lowest BCUT2D eigenvalue weighted by atomic mass is 10.2. The van der Waals surface area contributed by atoms with Gasteiger partial charge in [-0.25, -0.2) is 0 Å². The molecule has 0 fully saturated rings. The maximum absolute atomic E-state index is 5.12. The predicted octanol–water partition coefficient (Wildman–Crippen LogP) is 0.852. The maximum atomic E-state index is 5.12. The largest absolute Gasteiger partial charge is 0.375 e. The van der Waals surface area contributed by atoms with Gasteiger partial charge in [-0.3, -0.25) is 5.43 Å². The normalized spacial score (nSPS) is 10.7. The van der Waals surface area contributed by atoms with Crippen LogP contribution in [0.1, 0.15) is 20.3 Å². The molecule has 0 heterocycles. The molecule has 0 radical (unpaired) electrons. The highest BCUT2D eigenvalue weighted by atomic mass is 32.1. The molecule has 0 aliphatic rings. The van der Waals surface area contributed by atoms with E-state index in [1.165, 1.54) is 0 Å². The van der Waals surface area contributed by atoms with Crippen molar-refractivity contribution in [1.29, 1.82) is 0 Å². The third-order valence-corrected chi connectivity index (χ3v) is 0.934. The number of nitrogens with zero attached hydrogens (tertiary/aromatic N) is 1. The Labute approximate surface area is 66.7 Å². The molecule has 10 heavy (non-hydrogen) atoms. The van der Waals surface area contributed by atoms with Gasteiger partial charge in [0.25, 0.3) is 0 Å². The van der Waals surface area contributed by atoms with E-state index in [4.69, 9.17) is 5.73 Å². The van der Waals surface area contributed by atoms with E-state index in [0.717, 1.165) is 6.42 Å². The Morgan fingerprint density at radius 1 is 1.80 bits per heavy atom. The number of hydrogen-bond acceptors (Lipinski definition) is 2. The first-order valence-corrected chi connectivity index (χ1v) is 3.60. The molecule has 0 aromatic heterocycles. The summed E-state index contributed by atoms with van der Waals surface area (Å²) in [5.74, 6) is 0.622. The molecule has 58 valence electrons. The van der Waals surface area contributed by atoms with Crippen molar-refractivity contribution in [2.45, 2.75) is 20.3 Å². The van der Waals surface area contributed by atoms with E-state index in [-0.39, 0.29) is 5.11 Å². The van der Waals surface area contributed by atoms with Crippen LogP contribution < -0.4 is 11.2 Å². The zero-order chi connectivity index (χ0) is 7.98. The lowest BCUT2D eigenvalue weighted by molar-refractivity contribution is 0.688. The molecule has 0 amide bonds. The van der Waals surface area contributed by atoms with E-state index in [1.807, 2.05) is 0 Å². The van der Waals surface area contributed by atoms with Crippen LogP contribution in [0.25, 0.3) is 0 Å². The van der Waals surface area contributed by atoms with E-state index in [0.29, 0.717) is 5.92 Å². The van der Waals surface area contributed by atoms with Crippen molar-refractivity contribution in [3.05, 3.63) is 0 Å². The Bertz CT molecular complexity index is 131. The molecule has 0 saturated carbocycles. The molecule has 0 bridgehead atoms. The van der Waals surface area contributed by atoms with E-state index < -0.39 is 0 Å². The van der Waals surface area contributed by atoms with Crippen LogP contribution in [0.4, 0.5) is 0 Å². The third kappa shape index (κ3) is 7.36. The first-order chi connectivity index (χ1) is 4.63. The fourth-order valence-electron chi connectivity index (χ4n) is 0.373. The van der Waals surface area contributed by atoms with Crippen LogP contribution in [0, 0.1) is 5.92 Å². The zero-order valence-corrected chi connectivity index (χ0v) is 7.11. The second-order valence-corrected chi connectivity index (χ2v) is 2.86. The van der Waals surface area contributed by atoms with E-state index in [1.54, 1.807) is 6.21 Å². The number of hydrazone groups is 1. The molecule has 3 N–H and O–H groups in total. The first-order valence-electron chi connectivity index (χ1n) is 3.20. The van der Waals surface area contributed by atoms with Crippen LogP contribution >= 0.6 is 12.2 Å². The van der Waals surface area contributed by atoms with Crippen LogP contribution in [-0.2, 0) is 0 Å². The number of nitrogens with two attached hydrogens (primary N) is 1. The summed E-state index contributed by atoms with van der Waals surface area (Å²) < 4.78 is 0. The van der Waals surface area contributed by atoms with Crippen LogP contribution in [0.15, 0.2) is 5.10 Å². The molecule has 0 aromatic rings. The van der Waals surface area contributed by atoms with Gasteiger partial charge in [0.15, 0.2) is 5.11 Å². The van der Waals surface area contributed by atoms with Gasteiger partial charge in [0, 0.05) is 6.21 Å². The number of thiocarbonyl (C=S) groups is 1. The Kier molecular flexibility index (Phi) is 4.84. The minimum Gasteiger partial charge on any atom is -0.375 e. The Balaban J connectivity index is 3.29. The molecule has 0 rings (SSSR count). The first kappa shape index (κ1) is 9.36. The topological polar surface area (TPSA) is 50.4 Å². The SMILES string of the molecule is CC(C)CC=NNC(N)=S. The van der Waals surface area contributed by atoms with Gasteiger partial charge >= 0.3 is 0 Å². The van der Waals surface area contributed by atoms with Gasteiger partial charge in [0.1, 0.15) is 0 Å². The second-order valence-electron chi connectivity index (χ2n) is 2.42. The summed E-state index contributed by atoms with van der Waals surface area (Å²) >= 11 is 4.53. The predicted molar refractivity (Wildman–Crippen MR) is 47.9 cm³/mol. The van der Waals surface area contributed by atoms with Gasteiger partial charge < -0.3 is 5.73 Å². The summed E-state index contributed by atoms with van der Waals surface area (Å²) in [6.07, 6.45) is 2.71. The molecular weight excluding hydrogens is 146 g/mol. The molecule has 0 spiro atoms. The number of nitrogens with one attached hydrogen (secondary N) is 1. The zero-order valence-electron chi connectivity index (χ0n) is 6.29. The Morgan fingerprint density at radius 3 is 2.80 bits per heavy atom. The van der Waals surface area contributed by atoms with Gasteiger partial charge in [-0.15, -0.1) is 0 Å². The molecule has 4 heteroatoms. The van der Waals surface area contributed by atoms with E-state index in [2.05, 4.69) is 36.6 Å². The summed E-state index contributed by atoms with van der Waals surface area (Å²) in [4.78, 5) is 0. The highest BCUT2D eigenvalue weighted by Gasteiger charge is 1.87. The summed E-state index contributed by atoms with van der Waals surface area (Å²) in [7, 11) is 0. The van der Waals surface area contributed by atoms with Crippen molar-refractivity contribution >= 4 is 23.5 Å². The number of hydrogen-bond donors (Lipinski definition) is 2. The molecule has 0 aliphatic carbocycles. The van der Waals surface area contributed by atoms with Gasteiger partial charge in [0.2, 0.25) is 0 Å². The fourth-order valence-corrected chi connectivity index (χ4v) is 0.425. The third-order valence-electron chi connectivity index (χ3n) is 0.843. The Morgan fingerprint density at radius 2 is 2.40 bits per heavy atom. The van der Waals surface area contributed by atoms with Crippen molar-refractivity contribution in [1.82, 2.24) is 5.43 Å².